The zero-order chi connectivity index (χ0) is 23.1. The van der Waals surface area contributed by atoms with Crippen LogP contribution in [0.15, 0.2) is 54.7 Å². The maximum Gasteiger partial charge on any atom is 0.417 e. The van der Waals surface area contributed by atoms with Crippen LogP contribution in [0.5, 0.6) is 0 Å². The quantitative estimate of drug-likeness (QED) is 0.541. The molecular formula is C26H29F3N2O. The third kappa shape index (κ3) is 4.08. The van der Waals surface area contributed by atoms with Crippen molar-refractivity contribution >= 4 is 16.6 Å². The number of aliphatic hydroxyl groups is 1. The van der Waals surface area contributed by atoms with Crippen LogP contribution in [-0.2, 0) is 18.3 Å². The lowest BCUT2D eigenvalue weighted by Crippen LogP contribution is -2.52. The molecule has 32 heavy (non-hydrogen) atoms. The first-order valence-electron chi connectivity index (χ1n) is 10.9. The number of benzene rings is 2. The molecule has 0 aliphatic heterocycles. The lowest BCUT2D eigenvalue weighted by molar-refractivity contribution is -0.267. The minimum absolute atomic E-state index is 0.380. The van der Waals surface area contributed by atoms with Gasteiger partial charge in [0.1, 0.15) is 0 Å². The summed E-state index contributed by atoms with van der Waals surface area (Å²) in [6, 6.07) is 14.7. The van der Waals surface area contributed by atoms with Crippen molar-refractivity contribution in [3.05, 3.63) is 71.4 Å². The highest BCUT2D eigenvalue weighted by Gasteiger charge is 2.57. The highest BCUT2D eigenvalue weighted by atomic mass is 19.4. The summed E-state index contributed by atoms with van der Waals surface area (Å²) in [7, 11) is 3.90. The summed E-state index contributed by atoms with van der Waals surface area (Å²) in [6.45, 7) is 1.86. The van der Waals surface area contributed by atoms with Gasteiger partial charge in [0.05, 0.1) is 5.52 Å². The SMILES string of the molecule is CN(C)c1ccc2c(c1)CCCC2(C)CC(O)(Cc1ccnc2ccccc12)C(F)(F)F. The molecule has 1 aromatic heterocycles. The van der Waals surface area contributed by atoms with Gasteiger partial charge in [0.15, 0.2) is 5.60 Å². The predicted octanol–water partition coefficient (Wildman–Crippen LogP) is 5.82. The molecule has 0 fully saturated rings. The molecule has 0 saturated carbocycles. The monoisotopic (exact) mass is 442 g/mol. The van der Waals surface area contributed by atoms with E-state index in [0.29, 0.717) is 22.9 Å². The second-order valence-corrected chi connectivity index (χ2v) is 9.52. The van der Waals surface area contributed by atoms with Gasteiger partial charge >= 0.3 is 6.18 Å². The van der Waals surface area contributed by atoms with Gasteiger partial charge in [-0.15, -0.1) is 0 Å². The Hall–Kier alpha value is -2.60. The van der Waals surface area contributed by atoms with E-state index in [1.807, 2.05) is 38.1 Å². The molecule has 0 radical (unpaired) electrons. The lowest BCUT2D eigenvalue weighted by atomic mass is 9.65. The van der Waals surface area contributed by atoms with Gasteiger partial charge in [-0.1, -0.05) is 31.2 Å². The van der Waals surface area contributed by atoms with E-state index in [1.54, 1.807) is 30.3 Å². The Morgan fingerprint density at radius 3 is 2.56 bits per heavy atom. The molecule has 4 rings (SSSR count). The number of halogens is 3. The zero-order valence-corrected chi connectivity index (χ0v) is 18.7. The van der Waals surface area contributed by atoms with Crippen LogP contribution in [0.25, 0.3) is 10.9 Å². The summed E-state index contributed by atoms with van der Waals surface area (Å²) >= 11 is 0. The van der Waals surface area contributed by atoms with Gasteiger partial charge in [-0.3, -0.25) is 4.98 Å². The number of nitrogens with zero attached hydrogens (tertiary/aromatic N) is 2. The Morgan fingerprint density at radius 2 is 1.84 bits per heavy atom. The van der Waals surface area contributed by atoms with Crippen LogP contribution in [0.1, 0.15) is 42.9 Å². The van der Waals surface area contributed by atoms with Gasteiger partial charge in [0, 0.05) is 37.8 Å². The first-order chi connectivity index (χ1) is 15.0. The zero-order valence-electron chi connectivity index (χ0n) is 18.7. The van der Waals surface area contributed by atoms with E-state index >= 15 is 0 Å². The molecule has 3 nitrogen and oxygen atoms in total. The van der Waals surface area contributed by atoms with Crippen LogP contribution in [0, 0.1) is 0 Å². The minimum atomic E-state index is -4.76. The maximum absolute atomic E-state index is 14.4. The normalized spacial score (nSPS) is 20.6. The first kappa shape index (κ1) is 22.6. The fourth-order valence-electron chi connectivity index (χ4n) is 5.17. The van der Waals surface area contributed by atoms with Crippen LogP contribution < -0.4 is 4.90 Å². The molecule has 1 aliphatic carbocycles. The molecule has 170 valence electrons. The molecule has 1 heterocycles. The van der Waals surface area contributed by atoms with Crippen molar-refractivity contribution in [2.75, 3.05) is 19.0 Å². The second-order valence-electron chi connectivity index (χ2n) is 9.52. The number of hydrogen-bond acceptors (Lipinski definition) is 3. The number of anilines is 1. The molecule has 2 atom stereocenters. The second kappa shape index (κ2) is 8.07. The summed E-state index contributed by atoms with van der Waals surface area (Å²) < 4.78 is 43.2. The van der Waals surface area contributed by atoms with E-state index in [-0.39, 0.29) is 6.42 Å². The standard InChI is InChI=1S/C26H29F3N2O/c1-24(13-6-7-18-15-20(31(2)3)10-11-22(18)24)17-25(32,26(27,28)29)16-19-12-14-30-23-9-5-4-8-21(19)23/h4-5,8-12,14-15,32H,6-7,13,16-17H2,1-3H3. The van der Waals surface area contributed by atoms with Crippen LogP contribution >= 0.6 is 0 Å². The van der Waals surface area contributed by atoms with Gasteiger partial charge in [0.25, 0.3) is 0 Å². The lowest BCUT2D eigenvalue weighted by Gasteiger charge is -2.43. The van der Waals surface area contributed by atoms with Crippen molar-refractivity contribution in [2.24, 2.45) is 0 Å². The van der Waals surface area contributed by atoms with Crippen LogP contribution in [0.2, 0.25) is 0 Å². The summed E-state index contributed by atoms with van der Waals surface area (Å²) in [6.07, 6.45) is -1.89. The first-order valence-corrected chi connectivity index (χ1v) is 10.9. The Kier molecular flexibility index (Phi) is 5.70. The molecule has 0 amide bonds. The summed E-state index contributed by atoms with van der Waals surface area (Å²) in [5.74, 6) is 0. The van der Waals surface area contributed by atoms with Gasteiger partial charge in [0.2, 0.25) is 0 Å². The summed E-state index contributed by atoms with van der Waals surface area (Å²) in [4.78, 5) is 6.24. The van der Waals surface area contributed by atoms with Crippen molar-refractivity contribution in [3.8, 4) is 0 Å². The van der Waals surface area contributed by atoms with Crippen LogP contribution in [-0.4, -0.2) is 36.0 Å². The maximum atomic E-state index is 14.4. The highest BCUT2D eigenvalue weighted by Crippen LogP contribution is 2.48. The smallest absolute Gasteiger partial charge is 0.380 e. The third-order valence-electron chi connectivity index (χ3n) is 6.86. The Bertz CT molecular complexity index is 1120. The van der Waals surface area contributed by atoms with E-state index in [4.69, 9.17) is 0 Å². The molecule has 1 aliphatic rings. The molecule has 0 saturated heterocycles. The number of pyridine rings is 1. The number of rotatable bonds is 5. The topological polar surface area (TPSA) is 36.4 Å². The minimum Gasteiger partial charge on any atom is -0.380 e. The molecule has 0 bridgehead atoms. The van der Waals surface area contributed by atoms with E-state index < -0.39 is 23.6 Å². The average molecular weight is 443 g/mol. The number of aryl methyl sites for hydroxylation is 1. The molecule has 6 heteroatoms. The van der Waals surface area contributed by atoms with E-state index in [0.717, 1.165) is 29.7 Å². The highest BCUT2D eigenvalue weighted by molar-refractivity contribution is 5.82. The van der Waals surface area contributed by atoms with Crippen molar-refractivity contribution in [2.45, 2.75) is 56.2 Å². The predicted molar refractivity (Wildman–Crippen MR) is 122 cm³/mol. The average Bonchev–Trinajstić information content (AvgIpc) is 2.73. The molecular weight excluding hydrogens is 413 g/mol. The molecule has 2 aromatic carbocycles. The fraction of sp³-hybridized carbons (Fsp3) is 0.423. The molecule has 1 N–H and O–H groups in total. The van der Waals surface area contributed by atoms with Crippen LogP contribution in [0.4, 0.5) is 18.9 Å². The fourth-order valence-corrected chi connectivity index (χ4v) is 5.17. The Morgan fingerprint density at radius 1 is 1.09 bits per heavy atom. The van der Waals surface area contributed by atoms with Crippen molar-refractivity contribution in [1.82, 2.24) is 4.98 Å². The number of alkyl halides is 3. The summed E-state index contributed by atoms with van der Waals surface area (Å²) in [5.41, 5.74) is 0.479. The van der Waals surface area contributed by atoms with Gasteiger partial charge < -0.3 is 10.0 Å². The van der Waals surface area contributed by atoms with E-state index in [2.05, 4.69) is 11.1 Å². The van der Waals surface area contributed by atoms with E-state index in [9.17, 15) is 18.3 Å². The largest absolute Gasteiger partial charge is 0.417 e. The Labute approximate surface area is 186 Å². The third-order valence-corrected chi connectivity index (χ3v) is 6.86. The molecule has 3 aromatic rings. The Balaban J connectivity index is 1.74. The van der Waals surface area contributed by atoms with E-state index in [1.165, 1.54) is 6.20 Å². The number of hydrogen-bond donors (Lipinski definition) is 1. The van der Waals surface area contributed by atoms with Crippen LogP contribution in [0.3, 0.4) is 0 Å². The number of fused-ring (bicyclic) bond motifs is 2. The van der Waals surface area contributed by atoms with Gasteiger partial charge in [-0.2, -0.15) is 13.2 Å². The van der Waals surface area contributed by atoms with Crippen molar-refractivity contribution in [3.63, 3.8) is 0 Å². The van der Waals surface area contributed by atoms with Gasteiger partial charge in [-0.25, -0.2) is 0 Å². The number of aromatic nitrogens is 1. The van der Waals surface area contributed by atoms with Gasteiger partial charge in [-0.05, 0) is 72.1 Å². The molecule has 0 spiro atoms. The number of para-hydroxylation sites is 1. The molecule has 2 unspecified atom stereocenters. The summed E-state index contributed by atoms with van der Waals surface area (Å²) in [5, 5.41) is 11.8. The van der Waals surface area contributed by atoms with Crippen molar-refractivity contribution in [1.29, 1.82) is 0 Å². The van der Waals surface area contributed by atoms with Crippen molar-refractivity contribution < 1.29 is 18.3 Å².